The molecule has 0 spiro atoms. The first-order valence-electron chi connectivity index (χ1n) is 7.72. The first kappa shape index (κ1) is 19.1. The number of aromatic nitrogens is 1. The number of carbonyl (C=O) groups is 1. The van der Waals surface area contributed by atoms with E-state index in [4.69, 9.17) is 0 Å². The molecule has 1 aromatic heterocycles. The maximum atomic E-state index is 12.2. The summed E-state index contributed by atoms with van der Waals surface area (Å²) in [6.07, 6.45) is 8.22. The summed E-state index contributed by atoms with van der Waals surface area (Å²) >= 11 is 3.39. The molecule has 0 unspecified atom stereocenters. The summed E-state index contributed by atoms with van der Waals surface area (Å²) in [7, 11) is 0. The summed E-state index contributed by atoms with van der Waals surface area (Å²) in [5.41, 5.74) is 3.13. The Morgan fingerprint density at radius 2 is 1.72 bits per heavy atom. The summed E-state index contributed by atoms with van der Waals surface area (Å²) in [6.45, 7) is 0. The first-order chi connectivity index (χ1) is 11.7. The van der Waals surface area contributed by atoms with Crippen LogP contribution in [0.1, 0.15) is 21.5 Å². The number of halogens is 2. The Labute approximate surface area is 162 Å². The summed E-state index contributed by atoms with van der Waals surface area (Å²) in [5.74, 6) is -0.0164. The van der Waals surface area contributed by atoms with Gasteiger partial charge in [-0.25, -0.2) is 0 Å². The monoisotopic (exact) mass is 413 g/mol. The van der Waals surface area contributed by atoms with E-state index in [-0.39, 0.29) is 18.2 Å². The van der Waals surface area contributed by atoms with Gasteiger partial charge in [0.15, 0.2) is 24.4 Å². The molecule has 1 heterocycles. The summed E-state index contributed by atoms with van der Waals surface area (Å²) in [5, 5.41) is 0. The number of nitrogens with zero attached hydrogens (tertiary/aromatic N) is 1. The van der Waals surface area contributed by atoms with Crippen LogP contribution in [0.2, 0.25) is 0 Å². The van der Waals surface area contributed by atoms with Gasteiger partial charge >= 0.3 is 0 Å². The third-order valence-corrected chi connectivity index (χ3v) is 4.13. The average molecular weight is 415 g/mol. The van der Waals surface area contributed by atoms with Crippen molar-refractivity contribution in [3.63, 3.8) is 0 Å². The topological polar surface area (TPSA) is 20.9 Å². The second-order valence-corrected chi connectivity index (χ2v) is 6.43. The van der Waals surface area contributed by atoms with E-state index in [2.05, 4.69) is 34.1 Å². The predicted molar refractivity (Wildman–Crippen MR) is 99.7 cm³/mol. The fourth-order valence-electron chi connectivity index (χ4n) is 2.46. The van der Waals surface area contributed by atoms with Gasteiger partial charge in [0.25, 0.3) is 0 Å². The summed E-state index contributed by atoms with van der Waals surface area (Å²) in [4.78, 5) is 12.2. The lowest BCUT2D eigenvalue weighted by molar-refractivity contribution is -0.568. The number of rotatable bonds is 5. The fourth-order valence-corrected chi connectivity index (χ4v) is 2.86. The van der Waals surface area contributed by atoms with Crippen molar-refractivity contribution in [2.75, 3.05) is 0 Å². The number of ketones is 1. The molecular weight excluding hydrogens is 398 g/mol. The molecule has 0 amide bonds. The second kappa shape index (κ2) is 9.30. The maximum absolute atomic E-state index is 12.2. The van der Waals surface area contributed by atoms with Gasteiger partial charge in [0.2, 0.25) is 0 Å². The lowest BCUT2D eigenvalue weighted by Gasteiger charge is -1.99. The van der Waals surface area contributed by atoms with E-state index in [1.54, 1.807) is 12.3 Å². The van der Waals surface area contributed by atoms with Gasteiger partial charge < -0.3 is 12.4 Å². The molecule has 0 N–H and O–H groups in total. The minimum atomic E-state index is -0.0164. The third-order valence-electron chi connectivity index (χ3n) is 3.64. The largest absolute Gasteiger partial charge is 1.00 e. The van der Waals surface area contributed by atoms with Crippen LogP contribution >= 0.6 is 15.9 Å². The van der Waals surface area contributed by atoms with Crippen LogP contribution in [-0.4, -0.2) is 5.78 Å². The van der Waals surface area contributed by atoms with Gasteiger partial charge in [-0.15, -0.1) is 0 Å². The summed E-state index contributed by atoms with van der Waals surface area (Å²) < 4.78 is 2.81. The summed E-state index contributed by atoms with van der Waals surface area (Å²) in [6, 6.07) is 21.8. The van der Waals surface area contributed by atoms with Crippen LogP contribution in [0, 0.1) is 0 Å². The van der Waals surface area contributed by atoms with Crippen LogP contribution < -0.4 is 17.0 Å². The first-order valence-corrected chi connectivity index (χ1v) is 8.52. The Bertz CT molecular complexity index is 878. The van der Waals surface area contributed by atoms with Crippen molar-refractivity contribution in [3.8, 4) is 0 Å². The van der Waals surface area contributed by atoms with Crippen LogP contribution in [0.15, 0.2) is 89.7 Å². The minimum Gasteiger partial charge on any atom is -1.00 e. The lowest BCUT2D eigenvalue weighted by Crippen LogP contribution is -3.00. The van der Waals surface area contributed by atoms with E-state index in [9.17, 15) is 4.79 Å². The number of hydrogen-bond donors (Lipinski definition) is 0. The molecule has 0 atom stereocenters. The number of hydrogen-bond acceptors (Lipinski definition) is 1. The van der Waals surface area contributed by atoms with Crippen LogP contribution in [0.5, 0.6) is 0 Å². The fraction of sp³-hybridized carbons (Fsp3) is 0.0476. The highest BCUT2D eigenvalue weighted by molar-refractivity contribution is 9.10. The Balaban J connectivity index is 0.00000225. The van der Waals surface area contributed by atoms with E-state index < -0.39 is 0 Å². The number of pyridine rings is 1. The van der Waals surface area contributed by atoms with E-state index in [0.29, 0.717) is 5.56 Å². The third kappa shape index (κ3) is 5.66. The zero-order valence-electron chi connectivity index (χ0n) is 13.5. The van der Waals surface area contributed by atoms with Crippen molar-refractivity contribution < 1.29 is 21.8 Å². The van der Waals surface area contributed by atoms with E-state index in [1.165, 1.54) is 11.1 Å². The SMILES string of the molecule is O=C(/C=C/[n+]1cccc(Cc2ccccc2)c1)c1cccc(Br)c1.[Cl-]. The molecule has 3 aromatic rings. The smallest absolute Gasteiger partial charge is 0.191 e. The molecule has 0 aliphatic carbocycles. The molecule has 0 aliphatic rings. The molecule has 0 fully saturated rings. The molecule has 0 saturated heterocycles. The lowest BCUT2D eigenvalue weighted by atomic mass is 10.1. The number of carbonyl (C=O) groups excluding carboxylic acids is 1. The zero-order chi connectivity index (χ0) is 16.8. The standard InChI is InChI=1S/C21H17BrNO.ClH/c22-20-10-4-9-19(15-20)21(24)11-13-23-12-5-8-18(16-23)14-17-6-2-1-3-7-17;/h1-13,15-16H,14H2;1H/q+1;/p-1/b13-11+;. The van der Waals surface area contributed by atoms with Gasteiger partial charge in [-0.1, -0.05) is 58.4 Å². The van der Waals surface area contributed by atoms with Crippen molar-refractivity contribution >= 4 is 27.9 Å². The Kier molecular flexibility index (Phi) is 7.11. The number of benzene rings is 2. The van der Waals surface area contributed by atoms with Gasteiger partial charge in [-0.3, -0.25) is 4.79 Å². The van der Waals surface area contributed by atoms with Crippen molar-refractivity contribution in [2.45, 2.75) is 6.42 Å². The molecular formula is C21H17BrClNO. The van der Waals surface area contributed by atoms with E-state index in [0.717, 1.165) is 10.9 Å². The maximum Gasteiger partial charge on any atom is 0.191 e. The Hall–Kier alpha value is -2.23. The second-order valence-electron chi connectivity index (χ2n) is 5.51. The van der Waals surface area contributed by atoms with E-state index in [1.807, 2.05) is 65.5 Å². The normalized spacial score (nSPS) is 10.4. The molecule has 3 rings (SSSR count). The highest BCUT2D eigenvalue weighted by Crippen LogP contribution is 2.12. The van der Waals surface area contributed by atoms with Crippen molar-refractivity contribution in [1.82, 2.24) is 0 Å². The Morgan fingerprint density at radius 1 is 0.960 bits per heavy atom. The molecule has 0 bridgehead atoms. The van der Waals surface area contributed by atoms with Crippen LogP contribution in [-0.2, 0) is 6.42 Å². The van der Waals surface area contributed by atoms with Crippen LogP contribution in [0.25, 0.3) is 6.20 Å². The molecule has 0 radical (unpaired) electrons. The zero-order valence-corrected chi connectivity index (χ0v) is 15.8. The van der Waals surface area contributed by atoms with Crippen LogP contribution in [0.4, 0.5) is 0 Å². The quantitative estimate of drug-likeness (QED) is 0.354. The van der Waals surface area contributed by atoms with Crippen LogP contribution in [0.3, 0.4) is 0 Å². The van der Waals surface area contributed by atoms with Gasteiger partial charge in [-0.05, 0) is 23.8 Å². The van der Waals surface area contributed by atoms with Gasteiger partial charge in [0.1, 0.15) is 0 Å². The molecule has 2 nitrogen and oxygen atoms in total. The molecule has 4 heteroatoms. The number of allylic oxidation sites excluding steroid dienone is 1. The van der Waals surface area contributed by atoms with Gasteiger partial charge in [0, 0.05) is 28.1 Å². The van der Waals surface area contributed by atoms with Crippen molar-refractivity contribution in [1.29, 1.82) is 0 Å². The minimum absolute atomic E-state index is 0. The Morgan fingerprint density at radius 3 is 2.48 bits per heavy atom. The van der Waals surface area contributed by atoms with Crippen molar-refractivity contribution in [3.05, 3.63) is 106 Å². The molecule has 25 heavy (non-hydrogen) atoms. The highest BCUT2D eigenvalue weighted by atomic mass is 79.9. The molecule has 0 saturated carbocycles. The molecule has 126 valence electrons. The predicted octanol–water partition coefficient (Wildman–Crippen LogP) is 1.68. The molecule has 0 aliphatic heterocycles. The highest BCUT2D eigenvalue weighted by Gasteiger charge is 2.05. The average Bonchev–Trinajstić information content (AvgIpc) is 2.61. The van der Waals surface area contributed by atoms with Gasteiger partial charge in [0.05, 0.1) is 6.08 Å². The molecule has 2 aromatic carbocycles. The van der Waals surface area contributed by atoms with E-state index >= 15 is 0 Å². The van der Waals surface area contributed by atoms with Gasteiger partial charge in [-0.2, -0.15) is 4.57 Å². The van der Waals surface area contributed by atoms with Crippen molar-refractivity contribution in [2.24, 2.45) is 0 Å².